The maximum atomic E-state index is 6.32. The van der Waals surface area contributed by atoms with Crippen molar-refractivity contribution in [3.8, 4) is 0 Å². The van der Waals surface area contributed by atoms with Gasteiger partial charge in [0.05, 0.1) is 10.7 Å². The van der Waals surface area contributed by atoms with Crippen LogP contribution in [-0.2, 0) is 0 Å². The second-order valence-electron chi connectivity index (χ2n) is 6.58. The van der Waals surface area contributed by atoms with Crippen molar-refractivity contribution in [3.05, 3.63) is 27.7 Å². The molecule has 1 aromatic rings. The minimum atomic E-state index is 0.531. The van der Waals surface area contributed by atoms with Crippen molar-refractivity contribution in [1.82, 2.24) is 0 Å². The summed E-state index contributed by atoms with van der Waals surface area (Å²) in [4.78, 5) is 0. The number of anilines is 1. The number of hydrogen-bond acceptors (Lipinski definition) is 1. The SMILES string of the molecule is Cc1cc(Cl)c(NC2CCCC(CC(C)C)C2)cc1Cl. The van der Waals surface area contributed by atoms with E-state index >= 15 is 0 Å². The highest BCUT2D eigenvalue weighted by atomic mass is 35.5. The topological polar surface area (TPSA) is 12.0 Å². The third-order valence-electron chi connectivity index (χ3n) is 4.20. The maximum absolute atomic E-state index is 6.32. The van der Waals surface area contributed by atoms with Gasteiger partial charge in [0.15, 0.2) is 0 Å². The first-order valence-corrected chi connectivity index (χ1v) is 8.43. The van der Waals surface area contributed by atoms with Crippen molar-refractivity contribution >= 4 is 28.9 Å². The number of aryl methyl sites for hydroxylation is 1. The average Bonchev–Trinajstić information content (AvgIpc) is 2.35. The fraction of sp³-hybridized carbons (Fsp3) is 0.647. The minimum Gasteiger partial charge on any atom is -0.381 e. The van der Waals surface area contributed by atoms with Crippen LogP contribution in [0.2, 0.25) is 10.0 Å². The second-order valence-corrected chi connectivity index (χ2v) is 7.40. The number of rotatable bonds is 4. The molecular weight excluding hydrogens is 289 g/mol. The van der Waals surface area contributed by atoms with E-state index in [0.717, 1.165) is 33.1 Å². The summed E-state index contributed by atoms with van der Waals surface area (Å²) in [6.45, 7) is 6.61. The average molecular weight is 314 g/mol. The van der Waals surface area contributed by atoms with Crippen LogP contribution in [0.25, 0.3) is 0 Å². The van der Waals surface area contributed by atoms with Crippen molar-refractivity contribution in [2.24, 2.45) is 11.8 Å². The van der Waals surface area contributed by atoms with Crippen molar-refractivity contribution in [2.45, 2.75) is 58.9 Å². The first kappa shape index (κ1) is 16.0. The zero-order valence-corrected chi connectivity index (χ0v) is 14.2. The lowest BCUT2D eigenvalue weighted by atomic mass is 9.81. The van der Waals surface area contributed by atoms with E-state index in [1.807, 2.05) is 19.1 Å². The van der Waals surface area contributed by atoms with Gasteiger partial charge in [0.1, 0.15) is 0 Å². The molecule has 0 heterocycles. The fourth-order valence-corrected chi connectivity index (χ4v) is 3.72. The lowest BCUT2D eigenvalue weighted by Gasteiger charge is -2.31. The van der Waals surface area contributed by atoms with E-state index in [1.54, 1.807) is 0 Å². The van der Waals surface area contributed by atoms with Gasteiger partial charge in [-0.15, -0.1) is 0 Å². The van der Waals surface area contributed by atoms with Gasteiger partial charge in [-0.3, -0.25) is 0 Å². The smallest absolute Gasteiger partial charge is 0.0641 e. The maximum Gasteiger partial charge on any atom is 0.0641 e. The van der Waals surface area contributed by atoms with Gasteiger partial charge in [0.25, 0.3) is 0 Å². The molecule has 3 heteroatoms. The molecule has 0 aromatic heterocycles. The van der Waals surface area contributed by atoms with Crippen LogP contribution >= 0.6 is 23.2 Å². The van der Waals surface area contributed by atoms with E-state index in [4.69, 9.17) is 23.2 Å². The molecule has 1 saturated carbocycles. The summed E-state index contributed by atoms with van der Waals surface area (Å²) in [7, 11) is 0. The van der Waals surface area contributed by atoms with Crippen LogP contribution in [0.1, 0.15) is 51.5 Å². The van der Waals surface area contributed by atoms with Gasteiger partial charge in [-0.25, -0.2) is 0 Å². The van der Waals surface area contributed by atoms with Crippen LogP contribution in [0.4, 0.5) is 5.69 Å². The predicted molar refractivity (Wildman–Crippen MR) is 90.0 cm³/mol. The second kappa shape index (κ2) is 7.04. The quantitative estimate of drug-likeness (QED) is 0.686. The molecule has 1 aliphatic carbocycles. The van der Waals surface area contributed by atoms with Gasteiger partial charge in [0, 0.05) is 11.1 Å². The normalized spacial score (nSPS) is 23.1. The fourth-order valence-electron chi connectivity index (χ4n) is 3.28. The lowest BCUT2D eigenvalue weighted by Crippen LogP contribution is -2.28. The zero-order chi connectivity index (χ0) is 14.7. The largest absolute Gasteiger partial charge is 0.381 e. The zero-order valence-electron chi connectivity index (χ0n) is 12.7. The van der Waals surface area contributed by atoms with Gasteiger partial charge >= 0.3 is 0 Å². The highest BCUT2D eigenvalue weighted by molar-refractivity contribution is 6.35. The molecule has 0 bridgehead atoms. The molecule has 0 radical (unpaired) electrons. The molecular formula is C17H25Cl2N. The standard InChI is InChI=1S/C17H25Cl2N/c1-11(2)7-13-5-4-6-14(9-13)20-17-10-15(18)12(3)8-16(17)19/h8,10-11,13-14,20H,4-7,9H2,1-3H3. The summed E-state index contributed by atoms with van der Waals surface area (Å²) < 4.78 is 0. The van der Waals surface area contributed by atoms with Crippen LogP contribution in [0, 0.1) is 18.8 Å². The number of benzene rings is 1. The van der Waals surface area contributed by atoms with E-state index in [2.05, 4.69) is 19.2 Å². The minimum absolute atomic E-state index is 0.531. The Bertz CT molecular complexity index is 457. The summed E-state index contributed by atoms with van der Waals surface area (Å²) in [6.07, 6.45) is 6.50. The molecule has 1 aromatic carbocycles. The van der Waals surface area contributed by atoms with Crippen LogP contribution < -0.4 is 5.32 Å². The van der Waals surface area contributed by atoms with E-state index in [-0.39, 0.29) is 0 Å². The Balaban J connectivity index is 2.01. The highest BCUT2D eigenvalue weighted by Gasteiger charge is 2.23. The Morgan fingerprint density at radius 2 is 1.95 bits per heavy atom. The molecule has 0 saturated heterocycles. The number of halogens is 2. The predicted octanol–water partition coefficient (Wildman–Crippen LogP) is 6.32. The highest BCUT2D eigenvalue weighted by Crippen LogP contribution is 2.34. The summed E-state index contributed by atoms with van der Waals surface area (Å²) in [5, 5.41) is 5.16. The number of nitrogens with one attached hydrogen (secondary N) is 1. The van der Waals surface area contributed by atoms with E-state index in [0.29, 0.717) is 6.04 Å². The summed E-state index contributed by atoms with van der Waals surface area (Å²) in [6, 6.07) is 4.44. The summed E-state index contributed by atoms with van der Waals surface area (Å²) in [5.74, 6) is 1.64. The molecule has 1 N–H and O–H groups in total. The molecule has 1 aliphatic rings. The van der Waals surface area contributed by atoms with Crippen molar-refractivity contribution in [3.63, 3.8) is 0 Å². The third-order valence-corrected chi connectivity index (χ3v) is 4.92. The van der Waals surface area contributed by atoms with Crippen LogP contribution in [0.15, 0.2) is 12.1 Å². The summed E-state index contributed by atoms with van der Waals surface area (Å²) >= 11 is 12.5. The van der Waals surface area contributed by atoms with Crippen LogP contribution in [0.3, 0.4) is 0 Å². The van der Waals surface area contributed by atoms with Crippen LogP contribution in [-0.4, -0.2) is 6.04 Å². The first-order valence-electron chi connectivity index (χ1n) is 7.68. The van der Waals surface area contributed by atoms with Gasteiger partial charge in [-0.1, -0.05) is 49.9 Å². The lowest BCUT2D eigenvalue weighted by molar-refractivity contribution is 0.289. The van der Waals surface area contributed by atoms with Gasteiger partial charge in [-0.2, -0.15) is 0 Å². The van der Waals surface area contributed by atoms with Crippen molar-refractivity contribution < 1.29 is 0 Å². The molecule has 1 fully saturated rings. The third kappa shape index (κ3) is 4.30. The van der Waals surface area contributed by atoms with Crippen molar-refractivity contribution in [1.29, 1.82) is 0 Å². The molecule has 112 valence electrons. The molecule has 20 heavy (non-hydrogen) atoms. The van der Waals surface area contributed by atoms with Crippen molar-refractivity contribution in [2.75, 3.05) is 5.32 Å². The monoisotopic (exact) mass is 313 g/mol. The van der Waals surface area contributed by atoms with Gasteiger partial charge in [0.2, 0.25) is 0 Å². The van der Waals surface area contributed by atoms with Gasteiger partial charge in [-0.05, 0) is 55.7 Å². The Hall–Kier alpha value is -0.400. The van der Waals surface area contributed by atoms with Crippen LogP contribution in [0.5, 0.6) is 0 Å². The molecule has 0 amide bonds. The van der Waals surface area contributed by atoms with E-state index < -0.39 is 0 Å². The molecule has 2 atom stereocenters. The molecule has 0 aliphatic heterocycles. The molecule has 1 nitrogen and oxygen atoms in total. The summed E-state index contributed by atoms with van der Waals surface area (Å²) in [5.41, 5.74) is 2.01. The molecule has 2 unspecified atom stereocenters. The van der Waals surface area contributed by atoms with Gasteiger partial charge < -0.3 is 5.32 Å². The molecule has 0 spiro atoms. The first-order chi connectivity index (χ1) is 9.45. The Morgan fingerprint density at radius 3 is 2.65 bits per heavy atom. The Kier molecular flexibility index (Phi) is 5.63. The Labute approximate surface area is 133 Å². The van der Waals surface area contributed by atoms with E-state index in [9.17, 15) is 0 Å². The van der Waals surface area contributed by atoms with E-state index in [1.165, 1.54) is 32.1 Å². The molecule has 2 rings (SSSR count). The Morgan fingerprint density at radius 1 is 1.20 bits per heavy atom. The number of hydrogen-bond donors (Lipinski definition) is 1.